The molecule has 2 aromatic carbocycles. The molecule has 1 heterocycles. The lowest BCUT2D eigenvalue weighted by Crippen LogP contribution is -2.45. The smallest absolute Gasteiger partial charge is 0.165 e. The Bertz CT molecular complexity index is 835. The number of nitrogens with zero attached hydrogens (tertiary/aromatic N) is 2. The molecule has 1 aliphatic rings. The zero-order valence-corrected chi connectivity index (χ0v) is 18.6. The van der Waals surface area contributed by atoms with Crippen molar-refractivity contribution in [2.24, 2.45) is 0 Å². The first-order valence-electron chi connectivity index (χ1n) is 10.1. The Morgan fingerprint density at radius 1 is 0.600 bits per heavy atom. The minimum atomic E-state index is 0.676. The normalized spacial score (nSPS) is 15.0. The van der Waals surface area contributed by atoms with Crippen LogP contribution in [-0.2, 0) is 13.1 Å². The molecule has 7 heteroatoms. The van der Waals surface area contributed by atoms with Crippen molar-refractivity contribution in [1.29, 1.82) is 0 Å². The summed E-state index contributed by atoms with van der Waals surface area (Å²) in [4.78, 5) is 4.88. The molecule has 1 fully saturated rings. The summed E-state index contributed by atoms with van der Waals surface area (Å²) in [6.07, 6.45) is 0. The SMILES string of the molecule is COc1cc(OC)c(OC)cc1CN1CCN(Cc2cccc(OC)c2OC)CC1. The Labute approximate surface area is 179 Å². The van der Waals surface area contributed by atoms with Crippen molar-refractivity contribution in [2.45, 2.75) is 13.1 Å². The molecular formula is C23H32N2O5. The van der Waals surface area contributed by atoms with Crippen molar-refractivity contribution in [3.63, 3.8) is 0 Å². The molecule has 1 saturated heterocycles. The molecule has 7 nitrogen and oxygen atoms in total. The van der Waals surface area contributed by atoms with E-state index >= 15 is 0 Å². The van der Waals surface area contributed by atoms with Crippen LogP contribution in [-0.4, -0.2) is 71.5 Å². The van der Waals surface area contributed by atoms with E-state index in [9.17, 15) is 0 Å². The number of hydrogen-bond donors (Lipinski definition) is 0. The van der Waals surface area contributed by atoms with Gasteiger partial charge in [-0.05, 0) is 12.1 Å². The second kappa shape index (κ2) is 10.4. The molecule has 2 aromatic rings. The Kier molecular flexibility index (Phi) is 7.65. The van der Waals surface area contributed by atoms with Crippen LogP contribution in [0.5, 0.6) is 28.7 Å². The van der Waals surface area contributed by atoms with Gasteiger partial charge >= 0.3 is 0 Å². The van der Waals surface area contributed by atoms with Crippen LogP contribution in [0.4, 0.5) is 0 Å². The van der Waals surface area contributed by atoms with Gasteiger partial charge < -0.3 is 23.7 Å². The molecule has 0 saturated carbocycles. The van der Waals surface area contributed by atoms with Crippen molar-refractivity contribution in [3.8, 4) is 28.7 Å². The maximum absolute atomic E-state index is 5.58. The second-order valence-electron chi connectivity index (χ2n) is 7.22. The lowest BCUT2D eigenvalue weighted by Gasteiger charge is -2.35. The molecule has 0 atom stereocenters. The lowest BCUT2D eigenvalue weighted by atomic mass is 10.1. The van der Waals surface area contributed by atoms with Gasteiger partial charge in [-0.15, -0.1) is 0 Å². The van der Waals surface area contributed by atoms with E-state index in [1.807, 2.05) is 24.3 Å². The molecule has 0 amide bonds. The summed E-state index contributed by atoms with van der Waals surface area (Å²) in [5.74, 6) is 3.80. The molecule has 0 radical (unpaired) electrons. The fraction of sp³-hybridized carbons (Fsp3) is 0.478. The average molecular weight is 417 g/mol. The lowest BCUT2D eigenvalue weighted by molar-refractivity contribution is 0.120. The Hall–Kier alpha value is -2.64. The van der Waals surface area contributed by atoms with Gasteiger partial charge in [-0.2, -0.15) is 0 Å². The highest BCUT2D eigenvalue weighted by molar-refractivity contribution is 5.50. The Balaban J connectivity index is 1.63. The van der Waals surface area contributed by atoms with Crippen LogP contribution in [0, 0.1) is 0 Å². The van der Waals surface area contributed by atoms with Gasteiger partial charge in [-0.3, -0.25) is 9.80 Å². The van der Waals surface area contributed by atoms with Gasteiger partial charge in [-0.1, -0.05) is 12.1 Å². The monoisotopic (exact) mass is 416 g/mol. The van der Waals surface area contributed by atoms with E-state index in [-0.39, 0.29) is 0 Å². The van der Waals surface area contributed by atoms with Crippen LogP contribution in [0.3, 0.4) is 0 Å². The van der Waals surface area contributed by atoms with Crippen molar-refractivity contribution >= 4 is 0 Å². The van der Waals surface area contributed by atoms with Crippen molar-refractivity contribution in [1.82, 2.24) is 9.80 Å². The predicted molar refractivity (Wildman–Crippen MR) is 116 cm³/mol. The molecule has 1 aliphatic heterocycles. The van der Waals surface area contributed by atoms with E-state index in [4.69, 9.17) is 23.7 Å². The summed E-state index contributed by atoms with van der Waals surface area (Å²) in [5.41, 5.74) is 2.24. The molecule has 164 valence electrons. The quantitative estimate of drug-likeness (QED) is 0.623. The molecule has 0 N–H and O–H groups in total. The Morgan fingerprint density at radius 3 is 1.67 bits per heavy atom. The van der Waals surface area contributed by atoms with Crippen molar-refractivity contribution < 1.29 is 23.7 Å². The van der Waals surface area contributed by atoms with Crippen LogP contribution in [0.2, 0.25) is 0 Å². The van der Waals surface area contributed by atoms with Gasteiger partial charge in [0, 0.05) is 56.5 Å². The van der Waals surface area contributed by atoms with E-state index in [1.54, 1.807) is 35.5 Å². The van der Waals surface area contributed by atoms with Crippen LogP contribution < -0.4 is 23.7 Å². The first kappa shape index (κ1) is 22.1. The average Bonchev–Trinajstić information content (AvgIpc) is 2.79. The van der Waals surface area contributed by atoms with E-state index in [0.717, 1.165) is 73.4 Å². The first-order valence-corrected chi connectivity index (χ1v) is 10.1. The third kappa shape index (κ3) is 4.91. The number of piperazine rings is 1. The summed E-state index contributed by atoms with van der Waals surface area (Å²) in [6, 6.07) is 9.93. The van der Waals surface area contributed by atoms with E-state index in [2.05, 4.69) is 15.9 Å². The molecule has 0 aromatic heterocycles. The second-order valence-corrected chi connectivity index (χ2v) is 7.22. The molecule has 0 bridgehead atoms. The van der Waals surface area contributed by atoms with E-state index in [1.165, 1.54) is 0 Å². The van der Waals surface area contributed by atoms with E-state index in [0.29, 0.717) is 5.75 Å². The Morgan fingerprint density at radius 2 is 1.13 bits per heavy atom. The minimum absolute atomic E-state index is 0.676. The molecule has 30 heavy (non-hydrogen) atoms. The van der Waals surface area contributed by atoms with Gasteiger partial charge in [0.1, 0.15) is 5.75 Å². The molecule has 0 spiro atoms. The van der Waals surface area contributed by atoms with Crippen LogP contribution >= 0.6 is 0 Å². The largest absolute Gasteiger partial charge is 0.496 e. The predicted octanol–water partition coefficient (Wildman–Crippen LogP) is 3.05. The zero-order chi connectivity index (χ0) is 21.5. The summed E-state index contributed by atoms with van der Waals surface area (Å²) < 4.78 is 27.4. The highest BCUT2D eigenvalue weighted by Gasteiger charge is 2.21. The molecular weight excluding hydrogens is 384 g/mol. The fourth-order valence-electron chi connectivity index (χ4n) is 3.88. The number of hydrogen-bond acceptors (Lipinski definition) is 7. The summed E-state index contributed by atoms with van der Waals surface area (Å²) in [7, 11) is 8.33. The van der Waals surface area contributed by atoms with Gasteiger partial charge in [0.05, 0.1) is 35.5 Å². The van der Waals surface area contributed by atoms with Gasteiger partial charge in [0.15, 0.2) is 23.0 Å². The number of benzene rings is 2. The number of para-hydroxylation sites is 1. The standard InChI is InChI=1S/C23H32N2O5/c1-26-19-8-6-7-17(23(19)30-5)15-24-9-11-25(12-10-24)16-18-13-21(28-3)22(29-4)14-20(18)27-2/h6-8,13-14H,9-12,15-16H2,1-5H3. The summed E-state index contributed by atoms with van der Waals surface area (Å²) >= 11 is 0. The fourth-order valence-corrected chi connectivity index (χ4v) is 3.88. The number of methoxy groups -OCH3 is 5. The maximum atomic E-state index is 5.58. The highest BCUT2D eigenvalue weighted by Crippen LogP contribution is 2.35. The summed E-state index contributed by atoms with van der Waals surface area (Å²) in [6.45, 7) is 5.56. The van der Waals surface area contributed by atoms with E-state index < -0.39 is 0 Å². The maximum Gasteiger partial charge on any atom is 0.165 e. The van der Waals surface area contributed by atoms with Crippen LogP contribution in [0.25, 0.3) is 0 Å². The minimum Gasteiger partial charge on any atom is -0.496 e. The third-order valence-electron chi connectivity index (χ3n) is 5.52. The highest BCUT2D eigenvalue weighted by atomic mass is 16.5. The van der Waals surface area contributed by atoms with Crippen LogP contribution in [0.15, 0.2) is 30.3 Å². The van der Waals surface area contributed by atoms with Gasteiger partial charge in [0.2, 0.25) is 0 Å². The van der Waals surface area contributed by atoms with Gasteiger partial charge in [-0.25, -0.2) is 0 Å². The van der Waals surface area contributed by atoms with Crippen molar-refractivity contribution in [3.05, 3.63) is 41.5 Å². The first-order chi connectivity index (χ1) is 14.6. The summed E-state index contributed by atoms with van der Waals surface area (Å²) in [5, 5.41) is 0. The molecule has 3 rings (SSSR count). The topological polar surface area (TPSA) is 52.6 Å². The van der Waals surface area contributed by atoms with Crippen molar-refractivity contribution in [2.75, 3.05) is 61.7 Å². The van der Waals surface area contributed by atoms with Crippen LogP contribution in [0.1, 0.15) is 11.1 Å². The molecule has 0 unspecified atom stereocenters. The number of rotatable bonds is 9. The third-order valence-corrected chi connectivity index (χ3v) is 5.52. The zero-order valence-electron chi connectivity index (χ0n) is 18.6. The van der Waals surface area contributed by atoms with Gasteiger partial charge in [0.25, 0.3) is 0 Å². The molecule has 0 aliphatic carbocycles. The number of ether oxygens (including phenoxy) is 5.